The summed E-state index contributed by atoms with van der Waals surface area (Å²) >= 11 is 1.46. The van der Waals surface area contributed by atoms with Gasteiger partial charge in [-0.2, -0.15) is 0 Å². The lowest BCUT2D eigenvalue weighted by atomic mass is 10.1. The van der Waals surface area contributed by atoms with Gasteiger partial charge >= 0.3 is 0 Å². The second kappa shape index (κ2) is 6.42. The summed E-state index contributed by atoms with van der Waals surface area (Å²) in [7, 11) is 1.62. The standard InChI is InChI=1S/C17H17N3O2S/c1-4-20-15-12(10-18-17(19-15)23-3)9-14(16(20)21)11-5-7-13(22-2)8-6-11/h5-10H,4H2,1-3H3. The van der Waals surface area contributed by atoms with Crippen molar-refractivity contribution in [3.63, 3.8) is 0 Å². The van der Waals surface area contributed by atoms with E-state index in [1.54, 1.807) is 17.9 Å². The zero-order valence-corrected chi connectivity index (χ0v) is 14.1. The number of aromatic nitrogens is 3. The van der Waals surface area contributed by atoms with Gasteiger partial charge in [-0.05, 0) is 36.9 Å². The molecule has 0 radical (unpaired) electrons. The van der Waals surface area contributed by atoms with E-state index in [0.29, 0.717) is 22.9 Å². The van der Waals surface area contributed by atoms with E-state index in [0.717, 1.165) is 16.7 Å². The number of rotatable bonds is 4. The van der Waals surface area contributed by atoms with E-state index in [9.17, 15) is 4.79 Å². The topological polar surface area (TPSA) is 57.0 Å². The summed E-state index contributed by atoms with van der Waals surface area (Å²) in [6, 6.07) is 9.33. The molecular weight excluding hydrogens is 310 g/mol. The molecule has 0 spiro atoms. The first-order valence-corrected chi connectivity index (χ1v) is 8.49. The molecule has 0 bridgehead atoms. The van der Waals surface area contributed by atoms with Crippen LogP contribution in [-0.4, -0.2) is 27.9 Å². The van der Waals surface area contributed by atoms with Crippen molar-refractivity contribution in [3.05, 3.63) is 46.9 Å². The van der Waals surface area contributed by atoms with Crippen LogP contribution in [0.5, 0.6) is 5.75 Å². The van der Waals surface area contributed by atoms with Crippen LogP contribution in [0.1, 0.15) is 6.92 Å². The van der Waals surface area contributed by atoms with Crippen molar-refractivity contribution in [3.8, 4) is 16.9 Å². The summed E-state index contributed by atoms with van der Waals surface area (Å²) < 4.78 is 6.86. The molecule has 3 rings (SSSR count). The molecule has 0 atom stereocenters. The van der Waals surface area contributed by atoms with Crippen LogP contribution in [0.25, 0.3) is 22.2 Å². The molecule has 6 heteroatoms. The number of pyridine rings is 1. The van der Waals surface area contributed by atoms with Gasteiger partial charge in [-0.3, -0.25) is 9.36 Å². The fourth-order valence-corrected chi connectivity index (χ4v) is 2.85. The van der Waals surface area contributed by atoms with Crippen molar-refractivity contribution < 1.29 is 4.74 Å². The third-order valence-electron chi connectivity index (χ3n) is 3.70. The molecule has 5 nitrogen and oxygen atoms in total. The van der Waals surface area contributed by atoms with Crippen LogP contribution in [0.3, 0.4) is 0 Å². The van der Waals surface area contributed by atoms with Gasteiger partial charge < -0.3 is 4.74 Å². The summed E-state index contributed by atoms with van der Waals surface area (Å²) in [4.78, 5) is 21.6. The van der Waals surface area contributed by atoms with Gasteiger partial charge in [0.2, 0.25) is 0 Å². The highest BCUT2D eigenvalue weighted by molar-refractivity contribution is 7.98. The summed E-state index contributed by atoms with van der Waals surface area (Å²) in [5, 5.41) is 1.52. The van der Waals surface area contributed by atoms with Gasteiger partial charge in [-0.1, -0.05) is 23.9 Å². The second-order valence-electron chi connectivity index (χ2n) is 4.97. The lowest BCUT2D eigenvalue weighted by Crippen LogP contribution is -2.22. The number of ether oxygens (including phenoxy) is 1. The molecule has 0 unspecified atom stereocenters. The van der Waals surface area contributed by atoms with E-state index in [2.05, 4.69) is 9.97 Å². The molecule has 23 heavy (non-hydrogen) atoms. The summed E-state index contributed by atoms with van der Waals surface area (Å²) in [6.45, 7) is 2.50. The van der Waals surface area contributed by atoms with Crippen LogP contribution in [-0.2, 0) is 6.54 Å². The molecule has 3 aromatic rings. The number of methoxy groups -OCH3 is 1. The van der Waals surface area contributed by atoms with Gasteiger partial charge in [0.05, 0.1) is 7.11 Å². The smallest absolute Gasteiger partial charge is 0.260 e. The number of hydrogen-bond acceptors (Lipinski definition) is 5. The Kier molecular flexibility index (Phi) is 4.34. The number of fused-ring (bicyclic) bond motifs is 1. The van der Waals surface area contributed by atoms with E-state index >= 15 is 0 Å². The van der Waals surface area contributed by atoms with Crippen LogP contribution in [0, 0.1) is 0 Å². The minimum absolute atomic E-state index is 0.0454. The highest BCUT2D eigenvalue weighted by atomic mass is 32.2. The van der Waals surface area contributed by atoms with E-state index in [-0.39, 0.29) is 5.56 Å². The predicted molar refractivity (Wildman–Crippen MR) is 93.2 cm³/mol. The molecular formula is C17H17N3O2S. The quantitative estimate of drug-likeness (QED) is 0.544. The van der Waals surface area contributed by atoms with Crippen molar-refractivity contribution in [2.45, 2.75) is 18.6 Å². The van der Waals surface area contributed by atoms with Gasteiger partial charge in [-0.25, -0.2) is 9.97 Å². The highest BCUT2D eigenvalue weighted by Crippen LogP contribution is 2.23. The Bertz CT molecular complexity index is 904. The Labute approximate surface area is 138 Å². The number of hydrogen-bond donors (Lipinski definition) is 0. The molecule has 2 aromatic heterocycles. The molecule has 0 aliphatic heterocycles. The number of nitrogens with zero attached hydrogens (tertiary/aromatic N) is 3. The molecule has 0 fully saturated rings. The normalized spacial score (nSPS) is 10.9. The average molecular weight is 327 g/mol. The van der Waals surface area contributed by atoms with Crippen molar-refractivity contribution in [1.82, 2.24) is 14.5 Å². The average Bonchev–Trinajstić information content (AvgIpc) is 2.61. The van der Waals surface area contributed by atoms with E-state index in [1.165, 1.54) is 11.8 Å². The van der Waals surface area contributed by atoms with E-state index in [1.807, 2.05) is 43.5 Å². The maximum absolute atomic E-state index is 12.8. The largest absolute Gasteiger partial charge is 0.497 e. The minimum atomic E-state index is -0.0454. The van der Waals surface area contributed by atoms with Gasteiger partial charge in [0.1, 0.15) is 11.4 Å². The van der Waals surface area contributed by atoms with Crippen LogP contribution in [0.4, 0.5) is 0 Å². The summed E-state index contributed by atoms with van der Waals surface area (Å²) in [5.74, 6) is 0.762. The molecule has 0 saturated heterocycles. The first kappa shape index (κ1) is 15.6. The minimum Gasteiger partial charge on any atom is -0.497 e. The molecule has 2 heterocycles. The molecule has 0 aliphatic carbocycles. The second-order valence-corrected chi connectivity index (χ2v) is 5.74. The van der Waals surface area contributed by atoms with Crippen molar-refractivity contribution in [2.75, 3.05) is 13.4 Å². The van der Waals surface area contributed by atoms with E-state index in [4.69, 9.17) is 4.74 Å². The highest BCUT2D eigenvalue weighted by Gasteiger charge is 2.12. The maximum Gasteiger partial charge on any atom is 0.260 e. The van der Waals surface area contributed by atoms with Gasteiger partial charge in [0, 0.05) is 23.7 Å². The fraction of sp³-hybridized carbons (Fsp3) is 0.235. The van der Waals surface area contributed by atoms with Gasteiger partial charge in [-0.15, -0.1) is 0 Å². The third-order valence-corrected chi connectivity index (χ3v) is 4.27. The van der Waals surface area contributed by atoms with Gasteiger partial charge in [0.25, 0.3) is 5.56 Å². The Morgan fingerprint density at radius 1 is 1.26 bits per heavy atom. The Morgan fingerprint density at radius 3 is 2.61 bits per heavy atom. The summed E-state index contributed by atoms with van der Waals surface area (Å²) in [5.41, 5.74) is 2.13. The van der Waals surface area contributed by atoms with Crippen molar-refractivity contribution >= 4 is 22.8 Å². The zero-order valence-electron chi connectivity index (χ0n) is 13.2. The SMILES string of the molecule is CCn1c(=O)c(-c2ccc(OC)cc2)cc2cnc(SC)nc21. The Morgan fingerprint density at radius 2 is 2.00 bits per heavy atom. The molecule has 0 saturated carbocycles. The van der Waals surface area contributed by atoms with Crippen molar-refractivity contribution in [1.29, 1.82) is 0 Å². The fourth-order valence-electron chi connectivity index (χ4n) is 2.51. The van der Waals surface area contributed by atoms with Crippen LogP contribution in [0.2, 0.25) is 0 Å². The number of aryl methyl sites for hydroxylation is 1. The summed E-state index contributed by atoms with van der Waals surface area (Å²) in [6.07, 6.45) is 3.69. The molecule has 0 aliphatic rings. The lowest BCUT2D eigenvalue weighted by Gasteiger charge is -2.11. The molecule has 118 valence electrons. The predicted octanol–water partition coefficient (Wildman–Crippen LogP) is 3.21. The molecule has 0 N–H and O–H groups in total. The van der Waals surface area contributed by atoms with Crippen LogP contribution >= 0.6 is 11.8 Å². The van der Waals surface area contributed by atoms with Crippen molar-refractivity contribution in [2.24, 2.45) is 0 Å². The first-order valence-electron chi connectivity index (χ1n) is 7.27. The number of thioether (sulfide) groups is 1. The lowest BCUT2D eigenvalue weighted by molar-refractivity contribution is 0.415. The van der Waals surface area contributed by atoms with E-state index < -0.39 is 0 Å². The Balaban J connectivity index is 2.25. The maximum atomic E-state index is 12.8. The van der Waals surface area contributed by atoms with Crippen LogP contribution < -0.4 is 10.3 Å². The molecule has 1 aromatic carbocycles. The first-order chi connectivity index (χ1) is 11.2. The monoisotopic (exact) mass is 327 g/mol. The Hall–Kier alpha value is -2.34. The van der Waals surface area contributed by atoms with Crippen LogP contribution in [0.15, 0.2) is 46.5 Å². The third kappa shape index (κ3) is 2.82. The van der Waals surface area contributed by atoms with Gasteiger partial charge in [0.15, 0.2) is 5.16 Å². The molecule has 0 amide bonds. The zero-order chi connectivity index (χ0) is 16.4. The number of benzene rings is 1.